The van der Waals surface area contributed by atoms with Crippen LogP contribution in [0.25, 0.3) is 11.2 Å². The molecule has 11 heteroatoms. The molecule has 0 amide bonds. The van der Waals surface area contributed by atoms with Crippen LogP contribution in [0.3, 0.4) is 0 Å². The van der Waals surface area contributed by atoms with Crippen LogP contribution in [0.4, 0.5) is 5.95 Å². The molecule has 0 aliphatic carbocycles. The molecule has 2 unspecified atom stereocenters. The second kappa shape index (κ2) is 4.96. The Bertz CT molecular complexity index is 721. The molecule has 0 radical (unpaired) electrons. The Morgan fingerprint density at radius 2 is 2.10 bits per heavy atom. The average molecular weight is 314 g/mol. The molecule has 21 heavy (non-hydrogen) atoms. The number of anilines is 1. The summed E-state index contributed by atoms with van der Waals surface area (Å²) < 4.78 is 18.4. The molecule has 6 N–H and O–H groups in total. The summed E-state index contributed by atoms with van der Waals surface area (Å²) in [5, 5.41) is 25.1. The third-order valence-corrected chi connectivity index (χ3v) is 4.01. The van der Waals surface area contributed by atoms with Gasteiger partial charge in [-0.15, -0.1) is 0 Å². The van der Waals surface area contributed by atoms with Gasteiger partial charge in [-0.3, -0.25) is 4.57 Å². The van der Waals surface area contributed by atoms with Crippen molar-refractivity contribution in [3.8, 4) is 0 Å². The van der Waals surface area contributed by atoms with Crippen molar-refractivity contribution in [1.82, 2.24) is 19.5 Å². The lowest BCUT2D eigenvalue weighted by Crippen LogP contribution is -2.30. The van der Waals surface area contributed by atoms with E-state index in [2.05, 4.69) is 15.0 Å². The maximum absolute atomic E-state index is 11.5. The molecule has 0 bridgehead atoms. The zero-order valence-corrected chi connectivity index (χ0v) is 11.8. The number of aromatic nitrogens is 4. The van der Waals surface area contributed by atoms with Crippen LogP contribution in [-0.4, -0.2) is 52.3 Å². The van der Waals surface area contributed by atoms with Gasteiger partial charge in [0.25, 0.3) is 0 Å². The van der Waals surface area contributed by atoms with Crippen molar-refractivity contribution < 1.29 is 19.2 Å². The van der Waals surface area contributed by atoms with Crippen molar-refractivity contribution >= 4 is 28.1 Å². The Morgan fingerprint density at radius 1 is 1.38 bits per heavy atom. The Kier molecular flexibility index (Phi) is 3.37. The SMILES string of the molecule is C[C@H]1OC(n2cnc3c(S(N)=O)nc(N)nc32)[C@H](O)[C@@H]1O. The van der Waals surface area contributed by atoms with Gasteiger partial charge in [0.2, 0.25) is 5.95 Å². The summed E-state index contributed by atoms with van der Waals surface area (Å²) in [6, 6.07) is 0. The number of aliphatic hydroxyl groups excluding tert-OH is 2. The first kappa shape index (κ1) is 14.3. The quantitative estimate of drug-likeness (QED) is 0.464. The average Bonchev–Trinajstić information content (AvgIpc) is 2.94. The summed E-state index contributed by atoms with van der Waals surface area (Å²) >= 11 is 0. The minimum absolute atomic E-state index is 0.00247. The van der Waals surface area contributed by atoms with Crippen LogP contribution in [0.2, 0.25) is 0 Å². The highest BCUT2D eigenvalue weighted by atomic mass is 32.2. The van der Waals surface area contributed by atoms with Gasteiger partial charge < -0.3 is 20.7 Å². The fourth-order valence-electron chi connectivity index (χ4n) is 2.29. The van der Waals surface area contributed by atoms with Crippen LogP contribution in [0.5, 0.6) is 0 Å². The molecule has 1 saturated heterocycles. The first-order valence-electron chi connectivity index (χ1n) is 6.08. The van der Waals surface area contributed by atoms with Crippen molar-refractivity contribution in [2.45, 2.75) is 36.5 Å². The van der Waals surface area contributed by atoms with Crippen LogP contribution in [0.15, 0.2) is 11.4 Å². The first-order valence-corrected chi connectivity index (χ1v) is 7.29. The fourth-order valence-corrected chi connectivity index (χ4v) is 2.81. The molecule has 1 aliphatic rings. The third-order valence-electron chi connectivity index (χ3n) is 3.35. The van der Waals surface area contributed by atoms with Crippen LogP contribution in [0.1, 0.15) is 13.2 Å². The molecule has 0 aromatic carbocycles. The topological polar surface area (TPSA) is 162 Å². The van der Waals surface area contributed by atoms with Gasteiger partial charge in [0.05, 0.1) is 12.4 Å². The number of nitrogens with two attached hydrogens (primary N) is 2. The van der Waals surface area contributed by atoms with Crippen LogP contribution >= 0.6 is 0 Å². The van der Waals surface area contributed by atoms with E-state index in [4.69, 9.17) is 15.6 Å². The zero-order chi connectivity index (χ0) is 15.3. The zero-order valence-electron chi connectivity index (χ0n) is 10.9. The highest BCUT2D eigenvalue weighted by Crippen LogP contribution is 2.31. The summed E-state index contributed by atoms with van der Waals surface area (Å²) in [5.41, 5.74) is 6.00. The number of nitrogens with zero attached hydrogens (tertiary/aromatic N) is 4. The van der Waals surface area contributed by atoms with E-state index in [-0.39, 0.29) is 22.1 Å². The van der Waals surface area contributed by atoms with Crippen LogP contribution in [0, 0.1) is 0 Å². The lowest BCUT2D eigenvalue weighted by atomic mass is 10.1. The molecule has 0 saturated carbocycles. The van der Waals surface area contributed by atoms with Gasteiger partial charge in [0.15, 0.2) is 16.9 Å². The van der Waals surface area contributed by atoms with Gasteiger partial charge in [0, 0.05) is 0 Å². The van der Waals surface area contributed by atoms with E-state index in [1.165, 1.54) is 10.9 Å². The van der Waals surface area contributed by atoms with Gasteiger partial charge in [0.1, 0.15) is 28.7 Å². The molecule has 10 nitrogen and oxygen atoms in total. The number of fused-ring (bicyclic) bond motifs is 1. The van der Waals surface area contributed by atoms with Gasteiger partial charge in [-0.05, 0) is 6.92 Å². The minimum atomic E-state index is -1.88. The first-order chi connectivity index (χ1) is 9.90. The molecule has 0 spiro atoms. The predicted octanol–water partition coefficient (Wildman–Crippen LogP) is -1.97. The standard InChI is InChI=1S/C10H14N6O4S/c1-3-5(17)6(18)9(20-3)16-2-13-4-7(16)14-10(11)15-8(4)21(12)19/h2-3,5-6,9,17-18H,12H2,1H3,(H2,11,14,15)/t3-,5-,6-,9?,21?/m1/s1. The largest absolute Gasteiger partial charge is 0.388 e. The van der Waals surface area contributed by atoms with Gasteiger partial charge in [-0.25, -0.2) is 19.3 Å². The molecule has 1 fully saturated rings. The number of nitrogen functional groups attached to an aromatic ring is 1. The van der Waals surface area contributed by atoms with Crippen molar-refractivity contribution in [3.05, 3.63) is 6.33 Å². The molecule has 2 aromatic rings. The van der Waals surface area contributed by atoms with Gasteiger partial charge in [-0.1, -0.05) is 0 Å². The van der Waals surface area contributed by atoms with Crippen molar-refractivity contribution in [2.24, 2.45) is 5.14 Å². The lowest BCUT2D eigenvalue weighted by Gasteiger charge is -2.16. The monoisotopic (exact) mass is 314 g/mol. The molecule has 2 aromatic heterocycles. The minimum Gasteiger partial charge on any atom is -0.388 e. The maximum Gasteiger partial charge on any atom is 0.223 e. The van der Waals surface area contributed by atoms with Crippen molar-refractivity contribution in [3.63, 3.8) is 0 Å². The van der Waals surface area contributed by atoms with E-state index in [1.54, 1.807) is 6.92 Å². The summed E-state index contributed by atoms with van der Waals surface area (Å²) in [6.07, 6.45) is -2.28. The Labute approximate surface area is 121 Å². The highest BCUT2D eigenvalue weighted by Gasteiger charge is 2.42. The Hall–Kier alpha value is -1.66. The van der Waals surface area contributed by atoms with Crippen molar-refractivity contribution in [2.75, 3.05) is 5.73 Å². The predicted molar refractivity (Wildman–Crippen MR) is 71.9 cm³/mol. The summed E-state index contributed by atoms with van der Waals surface area (Å²) in [7, 11) is -1.88. The maximum atomic E-state index is 11.5. The van der Waals surface area contributed by atoms with Crippen LogP contribution < -0.4 is 10.9 Å². The van der Waals surface area contributed by atoms with Gasteiger partial charge in [-0.2, -0.15) is 4.98 Å². The van der Waals surface area contributed by atoms with Crippen LogP contribution in [-0.2, 0) is 15.7 Å². The Morgan fingerprint density at radius 3 is 2.67 bits per heavy atom. The molecule has 5 atom stereocenters. The molecule has 3 heterocycles. The molecular weight excluding hydrogens is 300 g/mol. The summed E-state index contributed by atoms with van der Waals surface area (Å²) in [4.78, 5) is 11.9. The molecule has 114 valence electrons. The third kappa shape index (κ3) is 2.18. The number of imidazole rings is 1. The van der Waals surface area contributed by atoms with E-state index in [0.29, 0.717) is 0 Å². The summed E-state index contributed by atoms with van der Waals surface area (Å²) in [5.74, 6) is -0.126. The van der Waals surface area contributed by atoms with E-state index in [1.807, 2.05) is 0 Å². The van der Waals surface area contributed by atoms with E-state index < -0.39 is 35.5 Å². The van der Waals surface area contributed by atoms with Gasteiger partial charge >= 0.3 is 0 Å². The number of aliphatic hydroxyl groups is 2. The number of hydrogen-bond acceptors (Lipinski definition) is 8. The lowest BCUT2D eigenvalue weighted by molar-refractivity contribution is -0.0299. The number of ether oxygens (including phenoxy) is 1. The smallest absolute Gasteiger partial charge is 0.223 e. The van der Waals surface area contributed by atoms with E-state index in [9.17, 15) is 14.4 Å². The number of rotatable bonds is 2. The number of hydrogen-bond donors (Lipinski definition) is 4. The molecule has 3 rings (SSSR count). The normalized spacial score (nSPS) is 30.9. The van der Waals surface area contributed by atoms with E-state index >= 15 is 0 Å². The fraction of sp³-hybridized carbons (Fsp3) is 0.500. The van der Waals surface area contributed by atoms with E-state index in [0.717, 1.165) is 0 Å². The second-order valence-corrected chi connectivity index (χ2v) is 5.70. The highest BCUT2D eigenvalue weighted by molar-refractivity contribution is 7.82. The summed E-state index contributed by atoms with van der Waals surface area (Å²) in [6.45, 7) is 1.64. The van der Waals surface area contributed by atoms with Crippen molar-refractivity contribution in [1.29, 1.82) is 0 Å². The molecule has 1 aliphatic heterocycles. The second-order valence-electron chi connectivity index (χ2n) is 4.72. The molecular formula is C10H14N6O4S. The Balaban J connectivity index is 2.15.